The average molecular weight is 358 g/mol. The van der Waals surface area contributed by atoms with E-state index >= 15 is 0 Å². The summed E-state index contributed by atoms with van der Waals surface area (Å²) in [7, 11) is 1.38. The monoisotopic (exact) mass is 357 g/mol. The first-order valence-corrected chi connectivity index (χ1v) is 11.0. The molecule has 0 saturated carbocycles. The quantitative estimate of drug-likeness (QED) is 0.231. The van der Waals surface area contributed by atoms with E-state index in [1.54, 1.807) is 6.92 Å². The van der Waals surface area contributed by atoms with Crippen LogP contribution in [0.3, 0.4) is 0 Å². The molecule has 0 spiro atoms. The van der Waals surface area contributed by atoms with Crippen molar-refractivity contribution >= 4 is 5.97 Å². The van der Waals surface area contributed by atoms with Crippen molar-refractivity contribution in [3.8, 4) is 0 Å². The number of unbranched alkanes of at least 4 members (excludes halogenated alkanes) is 15. The summed E-state index contributed by atoms with van der Waals surface area (Å²) in [5.41, 5.74) is 5.48. The van der Waals surface area contributed by atoms with E-state index in [-0.39, 0.29) is 5.97 Å². The number of rotatable bonds is 17. The van der Waals surface area contributed by atoms with Gasteiger partial charge in [0.2, 0.25) is 0 Å². The van der Waals surface area contributed by atoms with Gasteiger partial charge in [-0.2, -0.15) is 0 Å². The molecule has 0 aromatic rings. The highest BCUT2D eigenvalue weighted by molar-refractivity contribution is 5.68. The first-order chi connectivity index (χ1) is 12.2. The van der Waals surface area contributed by atoms with Gasteiger partial charge < -0.3 is 10.5 Å². The van der Waals surface area contributed by atoms with Crippen LogP contribution in [0.2, 0.25) is 0 Å². The van der Waals surface area contributed by atoms with E-state index in [0.717, 1.165) is 6.54 Å². The number of hydrogen-bond donors (Lipinski definition) is 1. The largest absolute Gasteiger partial charge is 0.469 e. The van der Waals surface area contributed by atoms with Gasteiger partial charge in [-0.3, -0.25) is 4.79 Å². The highest BCUT2D eigenvalue weighted by Gasteiger charge is 1.94. The molecule has 0 aliphatic carbocycles. The Morgan fingerprint density at radius 1 is 0.640 bits per heavy atom. The molecule has 0 radical (unpaired) electrons. The summed E-state index contributed by atoms with van der Waals surface area (Å²) >= 11 is 0. The third-order valence-electron chi connectivity index (χ3n) is 4.57. The third-order valence-corrected chi connectivity index (χ3v) is 4.57. The van der Waals surface area contributed by atoms with E-state index in [9.17, 15) is 4.79 Å². The number of esters is 1. The lowest BCUT2D eigenvalue weighted by atomic mass is 10.0. The van der Waals surface area contributed by atoms with Crippen LogP contribution >= 0.6 is 0 Å². The Morgan fingerprint density at radius 3 is 1.16 bits per heavy atom. The molecular weight excluding hydrogens is 310 g/mol. The summed E-state index contributed by atoms with van der Waals surface area (Å²) < 4.78 is 4.26. The predicted molar refractivity (Wildman–Crippen MR) is 111 cm³/mol. The van der Waals surface area contributed by atoms with E-state index < -0.39 is 0 Å². The summed E-state index contributed by atoms with van der Waals surface area (Å²) in [5.74, 6) is -0.157. The number of methoxy groups -OCH3 is 1. The number of ether oxygens (including phenoxy) is 1. The minimum Gasteiger partial charge on any atom is -0.469 e. The Kier molecular flexibility index (Phi) is 27.4. The second-order valence-corrected chi connectivity index (χ2v) is 7.02. The Hall–Kier alpha value is -0.570. The van der Waals surface area contributed by atoms with Crippen molar-refractivity contribution in [2.24, 2.45) is 5.73 Å². The Labute approximate surface area is 158 Å². The summed E-state index contributed by atoms with van der Waals surface area (Å²) in [4.78, 5) is 9.96. The minimum absolute atomic E-state index is 0.157. The first-order valence-electron chi connectivity index (χ1n) is 11.0. The maximum atomic E-state index is 9.96. The lowest BCUT2D eigenvalue weighted by molar-refractivity contribution is -0.140. The van der Waals surface area contributed by atoms with Crippen molar-refractivity contribution in [2.75, 3.05) is 13.7 Å². The van der Waals surface area contributed by atoms with Crippen LogP contribution in [0, 0.1) is 0 Å². The molecule has 25 heavy (non-hydrogen) atoms. The molecule has 0 amide bonds. The van der Waals surface area contributed by atoms with E-state index in [1.807, 2.05) is 0 Å². The molecule has 0 unspecified atom stereocenters. The zero-order valence-corrected chi connectivity index (χ0v) is 17.6. The smallest absolute Gasteiger partial charge is 0.305 e. The molecule has 0 saturated heterocycles. The fourth-order valence-electron chi connectivity index (χ4n) is 2.84. The Morgan fingerprint density at radius 2 is 0.960 bits per heavy atom. The van der Waals surface area contributed by atoms with Crippen LogP contribution < -0.4 is 5.73 Å². The molecule has 0 heterocycles. The van der Waals surface area contributed by atoms with Gasteiger partial charge in [-0.05, 0) is 13.0 Å². The molecular formula is C22H47NO2. The molecule has 152 valence electrons. The maximum Gasteiger partial charge on any atom is 0.305 e. The SMILES string of the molecule is CCC(=O)OC.CCCCCCCCCCCCCCCCCCN. The van der Waals surface area contributed by atoms with Gasteiger partial charge in [0.05, 0.1) is 7.11 Å². The number of nitrogens with two attached hydrogens (primary N) is 1. The van der Waals surface area contributed by atoms with Gasteiger partial charge in [0.15, 0.2) is 0 Å². The van der Waals surface area contributed by atoms with Gasteiger partial charge >= 0.3 is 5.97 Å². The standard InChI is InChI=1S/C18H39N.C4H8O2/c1-2-3-4-5-6-7-8-9-10-11-12-13-14-15-16-17-18-19;1-3-4(5)6-2/h2-19H2,1H3;3H2,1-2H3. The van der Waals surface area contributed by atoms with Crippen molar-refractivity contribution in [2.45, 2.75) is 123 Å². The van der Waals surface area contributed by atoms with Crippen LogP contribution in [0.25, 0.3) is 0 Å². The highest BCUT2D eigenvalue weighted by Crippen LogP contribution is 2.13. The van der Waals surface area contributed by atoms with Gasteiger partial charge in [-0.25, -0.2) is 0 Å². The van der Waals surface area contributed by atoms with Gasteiger partial charge in [-0.15, -0.1) is 0 Å². The van der Waals surface area contributed by atoms with Crippen LogP contribution in [-0.2, 0) is 9.53 Å². The molecule has 0 bridgehead atoms. The van der Waals surface area contributed by atoms with Gasteiger partial charge in [0.25, 0.3) is 0 Å². The van der Waals surface area contributed by atoms with Crippen LogP contribution in [0.15, 0.2) is 0 Å². The lowest BCUT2D eigenvalue weighted by Gasteiger charge is -2.03. The molecule has 0 atom stereocenters. The van der Waals surface area contributed by atoms with Crippen LogP contribution in [0.4, 0.5) is 0 Å². The second-order valence-electron chi connectivity index (χ2n) is 7.02. The number of hydrogen-bond acceptors (Lipinski definition) is 3. The molecule has 0 rings (SSSR count). The summed E-state index contributed by atoms with van der Waals surface area (Å²) in [6, 6.07) is 0. The molecule has 0 aliphatic rings. The fraction of sp³-hybridized carbons (Fsp3) is 0.955. The molecule has 0 fully saturated rings. The minimum atomic E-state index is -0.157. The normalized spacial score (nSPS) is 10.2. The van der Waals surface area contributed by atoms with Crippen LogP contribution in [0.5, 0.6) is 0 Å². The van der Waals surface area contributed by atoms with Gasteiger partial charge in [0.1, 0.15) is 0 Å². The number of carbonyl (C=O) groups excluding carboxylic acids is 1. The van der Waals surface area contributed by atoms with Crippen LogP contribution in [0.1, 0.15) is 123 Å². The Bertz CT molecular complexity index is 222. The topological polar surface area (TPSA) is 52.3 Å². The fourth-order valence-corrected chi connectivity index (χ4v) is 2.84. The lowest BCUT2D eigenvalue weighted by Crippen LogP contribution is -1.97. The highest BCUT2D eigenvalue weighted by atomic mass is 16.5. The molecule has 3 heteroatoms. The van der Waals surface area contributed by atoms with E-state index in [4.69, 9.17) is 5.73 Å². The summed E-state index contributed by atoms with van der Waals surface area (Å²) in [5, 5.41) is 0. The Balaban J connectivity index is 0. The predicted octanol–water partition coefficient (Wildman–Crippen LogP) is 6.78. The van der Waals surface area contributed by atoms with Gasteiger partial charge in [0, 0.05) is 6.42 Å². The zero-order chi connectivity index (χ0) is 19.0. The average Bonchev–Trinajstić information content (AvgIpc) is 2.64. The molecule has 0 aromatic carbocycles. The molecule has 0 aromatic heterocycles. The van der Waals surface area contributed by atoms with Crippen molar-refractivity contribution in [1.29, 1.82) is 0 Å². The zero-order valence-electron chi connectivity index (χ0n) is 17.6. The third kappa shape index (κ3) is 28.5. The van der Waals surface area contributed by atoms with Crippen molar-refractivity contribution in [1.82, 2.24) is 0 Å². The maximum absolute atomic E-state index is 9.96. The van der Waals surface area contributed by atoms with Gasteiger partial charge in [-0.1, -0.05) is 110 Å². The number of carbonyl (C=O) groups is 1. The van der Waals surface area contributed by atoms with E-state index in [2.05, 4.69) is 11.7 Å². The van der Waals surface area contributed by atoms with E-state index in [1.165, 1.54) is 110 Å². The van der Waals surface area contributed by atoms with Crippen molar-refractivity contribution in [3.05, 3.63) is 0 Å². The first kappa shape index (κ1) is 26.7. The van der Waals surface area contributed by atoms with Crippen molar-refractivity contribution < 1.29 is 9.53 Å². The summed E-state index contributed by atoms with van der Waals surface area (Å²) in [6.45, 7) is 4.92. The van der Waals surface area contributed by atoms with Crippen molar-refractivity contribution in [3.63, 3.8) is 0 Å². The van der Waals surface area contributed by atoms with E-state index in [0.29, 0.717) is 6.42 Å². The second kappa shape index (κ2) is 25.7. The molecule has 3 nitrogen and oxygen atoms in total. The molecule has 0 aliphatic heterocycles. The summed E-state index contributed by atoms with van der Waals surface area (Å²) in [6.07, 6.45) is 23.3. The molecule has 2 N–H and O–H groups in total. The van der Waals surface area contributed by atoms with Crippen LogP contribution in [-0.4, -0.2) is 19.6 Å².